The van der Waals surface area contributed by atoms with Crippen LogP contribution in [0.5, 0.6) is 0 Å². The summed E-state index contributed by atoms with van der Waals surface area (Å²) >= 11 is 0. The van der Waals surface area contributed by atoms with E-state index < -0.39 is 31.1 Å². The van der Waals surface area contributed by atoms with Crippen molar-refractivity contribution in [1.29, 1.82) is 0 Å². The molecule has 3 N–H and O–H groups in total. The van der Waals surface area contributed by atoms with Crippen LogP contribution < -0.4 is 10.3 Å². The Bertz CT molecular complexity index is 741. The molecule has 0 saturated carbocycles. The number of aromatic nitrogens is 4. The molecule has 2 aromatic heterocycles. The third kappa shape index (κ3) is 2.08. The van der Waals surface area contributed by atoms with Crippen LogP contribution in [0.25, 0.3) is 11.2 Å². The lowest BCUT2D eigenvalue weighted by molar-refractivity contribution is -0.0511. The first-order chi connectivity index (χ1) is 10.6. The fourth-order valence-electron chi connectivity index (χ4n) is 2.54. The Balaban J connectivity index is 2.10. The van der Waals surface area contributed by atoms with E-state index in [-0.39, 0.29) is 0 Å². The summed E-state index contributed by atoms with van der Waals surface area (Å²) < 4.78 is 8.33. The molecular formula is C12H17N5O5. The summed E-state index contributed by atoms with van der Waals surface area (Å²) in [6, 6.07) is 0. The van der Waals surface area contributed by atoms with Gasteiger partial charge >= 0.3 is 0 Å². The van der Waals surface area contributed by atoms with Crippen LogP contribution in [0.2, 0.25) is 0 Å². The highest BCUT2D eigenvalue weighted by Crippen LogP contribution is 2.30. The van der Waals surface area contributed by atoms with Crippen LogP contribution in [0.4, 0.5) is 0 Å². The van der Waals surface area contributed by atoms with E-state index in [4.69, 9.17) is 14.7 Å². The molecule has 4 atom stereocenters. The maximum atomic E-state index is 10.1. The van der Waals surface area contributed by atoms with Crippen molar-refractivity contribution >= 4 is 11.2 Å². The number of nitrogens with zero attached hydrogens (tertiary/aromatic N) is 5. The summed E-state index contributed by atoms with van der Waals surface area (Å²) in [5.74, 6) is 0. The number of rotatable bonds is 3. The SMILES string of the molecule is CN=c1c2ncn([C@H]3O[C@@H](CO)[C@H](O)[C@@H]3O)c2ncn1OC. The molecule has 0 aromatic carbocycles. The van der Waals surface area contributed by atoms with Crippen LogP contribution in [-0.2, 0) is 4.74 Å². The molecule has 3 heterocycles. The van der Waals surface area contributed by atoms with Gasteiger partial charge in [0.15, 0.2) is 22.9 Å². The van der Waals surface area contributed by atoms with E-state index in [0.29, 0.717) is 16.7 Å². The molecule has 1 fully saturated rings. The smallest absolute Gasteiger partial charge is 0.194 e. The minimum absolute atomic E-state index is 0.395. The van der Waals surface area contributed by atoms with Crippen molar-refractivity contribution in [2.24, 2.45) is 4.99 Å². The van der Waals surface area contributed by atoms with Crippen LogP contribution in [0, 0.1) is 0 Å². The summed E-state index contributed by atoms with van der Waals surface area (Å²) in [4.78, 5) is 17.7. The molecule has 0 bridgehead atoms. The Morgan fingerprint density at radius 3 is 2.68 bits per heavy atom. The largest absolute Gasteiger partial charge is 0.414 e. The average molecular weight is 311 g/mol. The minimum atomic E-state index is -1.20. The first kappa shape index (κ1) is 14.9. The molecule has 1 aliphatic rings. The van der Waals surface area contributed by atoms with Crippen molar-refractivity contribution in [3.05, 3.63) is 18.1 Å². The van der Waals surface area contributed by atoms with Gasteiger partial charge in [0.1, 0.15) is 31.7 Å². The van der Waals surface area contributed by atoms with Gasteiger partial charge in [-0.25, -0.2) is 9.97 Å². The van der Waals surface area contributed by atoms with Gasteiger partial charge in [0, 0.05) is 7.05 Å². The van der Waals surface area contributed by atoms with E-state index in [0.717, 1.165) is 0 Å². The third-order valence-corrected chi connectivity index (χ3v) is 3.67. The van der Waals surface area contributed by atoms with Crippen molar-refractivity contribution in [1.82, 2.24) is 19.3 Å². The molecule has 1 aliphatic heterocycles. The topological polar surface area (TPSA) is 127 Å². The van der Waals surface area contributed by atoms with Gasteiger partial charge in [-0.15, -0.1) is 0 Å². The molecule has 120 valence electrons. The lowest BCUT2D eigenvalue weighted by atomic mass is 10.1. The standard InChI is InChI=1S/C12H17N5O5/c1-13-10-7-11(15-5-17(10)21-2)16(4-14-7)12-9(20)8(19)6(3-18)22-12/h4-6,8-9,12,18-20H,3H2,1-2H3/t6-,8-,9-,12-/m0/s1. The van der Waals surface area contributed by atoms with Crippen molar-refractivity contribution in [3.63, 3.8) is 0 Å². The predicted octanol–water partition coefficient (Wildman–Crippen LogP) is -2.57. The van der Waals surface area contributed by atoms with Crippen LogP contribution in [-0.4, -0.2) is 73.7 Å². The van der Waals surface area contributed by atoms with E-state index in [1.165, 1.54) is 29.1 Å². The normalized spacial score (nSPS) is 29.4. The Kier molecular flexibility index (Phi) is 3.83. The maximum Gasteiger partial charge on any atom is 0.194 e. The quantitative estimate of drug-likeness (QED) is 0.568. The zero-order valence-electron chi connectivity index (χ0n) is 12.1. The highest BCUT2D eigenvalue weighted by atomic mass is 16.6. The Morgan fingerprint density at radius 2 is 2.09 bits per heavy atom. The Labute approximate surface area is 124 Å². The summed E-state index contributed by atoms with van der Waals surface area (Å²) in [7, 11) is 3.07. The number of ether oxygens (including phenoxy) is 1. The second-order valence-corrected chi connectivity index (χ2v) is 4.85. The number of imidazole rings is 1. The van der Waals surface area contributed by atoms with E-state index in [1.54, 1.807) is 7.05 Å². The Hall–Kier alpha value is -2.01. The van der Waals surface area contributed by atoms with Gasteiger partial charge < -0.3 is 24.9 Å². The van der Waals surface area contributed by atoms with Gasteiger partial charge in [0.05, 0.1) is 12.9 Å². The van der Waals surface area contributed by atoms with Crippen LogP contribution >= 0.6 is 0 Å². The molecule has 1 saturated heterocycles. The maximum absolute atomic E-state index is 10.1. The summed E-state index contributed by atoms with van der Waals surface area (Å²) in [5, 5.41) is 29.1. The number of aliphatic hydroxyl groups is 3. The molecule has 0 spiro atoms. The monoisotopic (exact) mass is 311 g/mol. The minimum Gasteiger partial charge on any atom is -0.414 e. The van der Waals surface area contributed by atoms with Gasteiger partial charge in [0.2, 0.25) is 0 Å². The third-order valence-electron chi connectivity index (χ3n) is 3.67. The number of aliphatic hydroxyl groups excluding tert-OH is 3. The molecule has 0 unspecified atom stereocenters. The van der Waals surface area contributed by atoms with E-state index in [2.05, 4.69) is 15.0 Å². The molecule has 2 aromatic rings. The first-order valence-electron chi connectivity index (χ1n) is 6.66. The first-order valence-corrected chi connectivity index (χ1v) is 6.66. The lowest BCUT2D eigenvalue weighted by Crippen LogP contribution is -2.33. The van der Waals surface area contributed by atoms with Crippen molar-refractivity contribution in [2.75, 3.05) is 20.8 Å². The molecule has 3 rings (SSSR count). The predicted molar refractivity (Wildman–Crippen MR) is 72.5 cm³/mol. The van der Waals surface area contributed by atoms with Gasteiger partial charge in [-0.1, -0.05) is 0 Å². The lowest BCUT2D eigenvalue weighted by Gasteiger charge is -2.16. The van der Waals surface area contributed by atoms with E-state index >= 15 is 0 Å². The second kappa shape index (κ2) is 5.65. The zero-order valence-corrected chi connectivity index (χ0v) is 12.1. The highest BCUT2D eigenvalue weighted by Gasteiger charge is 2.43. The number of hydrogen-bond donors (Lipinski definition) is 3. The van der Waals surface area contributed by atoms with Gasteiger partial charge in [0.25, 0.3) is 0 Å². The molecule has 0 radical (unpaired) electrons. The van der Waals surface area contributed by atoms with Crippen molar-refractivity contribution in [3.8, 4) is 0 Å². The van der Waals surface area contributed by atoms with Crippen LogP contribution in [0.15, 0.2) is 17.6 Å². The van der Waals surface area contributed by atoms with Crippen molar-refractivity contribution < 1.29 is 24.9 Å². The highest BCUT2D eigenvalue weighted by molar-refractivity contribution is 5.68. The fraction of sp³-hybridized carbons (Fsp3) is 0.583. The van der Waals surface area contributed by atoms with Gasteiger partial charge in [-0.3, -0.25) is 9.56 Å². The molecule has 0 amide bonds. The summed E-state index contributed by atoms with van der Waals surface area (Å²) in [6.45, 7) is -0.395. The van der Waals surface area contributed by atoms with E-state index in [9.17, 15) is 10.2 Å². The fourth-order valence-corrected chi connectivity index (χ4v) is 2.54. The molecule has 0 aliphatic carbocycles. The zero-order chi connectivity index (χ0) is 15.9. The number of fused-ring (bicyclic) bond motifs is 1. The average Bonchev–Trinajstić information content (AvgIpc) is 3.08. The van der Waals surface area contributed by atoms with Gasteiger partial charge in [-0.2, -0.15) is 4.73 Å². The molecule has 10 heteroatoms. The van der Waals surface area contributed by atoms with Crippen molar-refractivity contribution in [2.45, 2.75) is 24.5 Å². The Morgan fingerprint density at radius 1 is 1.32 bits per heavy atom. The summed E-state index contributed by atoms with van der Waals surface area (Å²) in [5.41, 5.74) is 1.34. The second-order valence-electron chi connectivity index (χ2n) is 4.85. The van der Waals surface area contributed by atoms with E-state index in [1.807, 2.05) is 0 Å². The van der Waals surface area contributed by atoms with Gasteiger partial charge in [-0.05, 0) is 0 Å². The molecule has 10 nitrogen and oxygen atoms in total. The van der Waals surface area contributed by atoms with Crippen LogP contribution in [0.1, 0.15) is 6.23 Å². The summed E-state index contributed by atoms with van der Waals surface area (Å²) in [6.07, 6.45) is -1.28. The molecular weight excluding hydrogens is 294 g/mol. The molecule has 22 heavy (non-hydrogen) atoms. The number of hydrogen-bond acceptors (Lipinski definition) is 8. The van der Waals surface area contributed by atoms with Crippen LogP contribution in [0.3, 0.4) is 0 Å².